The van der Waals surface area contributed by atoms with E-state index in [9.17, 15) is 4.79 Å². The van der Waals surface area contributed by atoms with Crippen molar-refractivity contribution in [2.45, 2.75) is 38.8 Å². The topological polar surface area (TPSA) is 42.0 Å². The minimum Gasteiger partial charge on any atom is -0.494 e. The number of fused-ring (bicyclic) bond motifs is 1. The van der Waals surface area contributed by atoms with Crippen molar-refractivity contribution in [3.05, 3.63) is 77.9 Å². The van der Waals surface area contributed by atoms with E-state index in [1.54, 1.807) is 0 Å². The normalized spacial score (nSPS) is 21.4. The molecular formula is C28H32N2O3. The maximum Gasteiger partial charge on any atom is 0.230 e. The highest BCUT2D eigenvalue weighted by atomic mass is 16.7. The van der Waals surface area contributed by atoms with Gasteiger partial charge >= 0.3 is 0 Å². The number of carbonyl (C=O) groups is 1. The molecule has 0 bridgehead atoms. The van der Waals surface area contributed by atoms with Crippen LogP contribution in [0.2, 0.25) is 0 Å². The number of carbonyl (C=O) groups excluding carboxylic acids is 1. The molecule has 0 aliphatic carbocycles. The molecule has 2 aliphatic heterocycles. The Morgan fingerprint density at radius 2 is 1.73 bits per heavy atom. The first-order valence-corrected chi connectivity index (χ1v) is 12.1. The van der Waals surface area contributed by atoms with Gasteiger partial charge in [0, 0.05) is 26.2 Å². The summed E-state index contributed by atoms with van der Waals surface area (Å²) in [7, 11) is 0. The first-order chi connectivity index (χ1) is 16.2. The fourth-order valence-corrected chi connectivity index (χ4v) is 5.08. The van der Waals surface area contributed by atoms with Crippen molar-refractivity contribution in [2.24, 2.45) is 5.92 Å². The summed E-state index contributed by atoms with van der Waals surface area (Å²) in [4.78, 5) is 22.1. The van der Waals surface area contributed by atoms with Gasteiger partial charge in [-0.3, -0.25) is 9.63 Å². The monoisotopic (exact) mass is 444 g/mol. The number of amides is 1. The van der Waals surface area contributed by atoms with Gasteiger partial charge in [-0.25, -0.2) is 0 Å². The third-order valence-electron chi connectivity index (χ3n) is 6.76. The molecule has 0 saturated carbocycles. The second-order valence-electron chi connectivity index (χ2n) is 8.98. The molecule has 5 nitrogen and oxygen atoms in total. The number of ether oxygens (including phenoxy) is 1. The van der Waals surface area contributed by atoms with Gasteiger partial charge in [0.25, 0.3) is 0 Å². The zero-order valence-corrected chi connectivity index (χ0v) is 19.3. The molecule has 172 valence electrons. The molecule has 0 aromatic heterocycles. The Morgan fingerprint density at radius 1 is 0.970 bits per heavy atom. The predicted molar refractivity (Wildman–Crippen MR) is 130 cm³/mol. The van der Waals surface area contributed by atoms with Crippen molar-refractivity contribution >= 4 is 16.7 Å². The van der Waals surface area contributed by atoms with Gasteiger partial charge in [-0.1, -0.05) is 54.6 Å². The van der Waals surface area contributed by atoms with Gasteiger partial charge in [0.05, 0.1) is 12.5 Å². The minimum absolute atomic E-state index is 0.212. The summed E-state index contributed by atoms with van der Waals surface area (Å²) in [5.74, 6) is 0.843. The van der Waals surface area contributed by atoms with Gasteiger partial charge in [0.2, 0.25) is 5.91 Å². The zero-order valence-electron chi connectivity index (χ0n) is 19.3. The summed E-state index contributed by atoms with van der Waals surface area (Å²) >= 11 is 0. The minimum atomic E-state index is -0.287. The number of benzene rings is 3. The van der Waals surface area contributed by atoms with Crippen molar-refractivity contribution in [1.29, 1.82) is 0 Å². The highest BCUT2D eigenvalue weighted by molar-refractivity contribution is 5.85. The van der Waals surface area contributed by atoms with Crippen LogP contribution in [0.25, 0.3) is 10.8 Å². The SMILES string of the molecule is CCOc1ccc(C2ON(Cc3cccc4ccccc34)CC2C(=O)N2CCCCC2)cc1. The van der Waals surface area contributed by atoms with E-state index in [1.165, 1.54) is 22.8 Å². The van der Waals surface area contributed by atoms with Crippen molar-refractivity contribution in [3.63, 3.8) is 0 Å². The summed E-state index contributed by atoms with van der Waals surface area (Å²) in [6.45, 7) is 5.57. The third kappa shape index (κ3) is 4.75. The largest absolute Gasteiger partial charge is 0.494 e. The summed E-state index contributed by atoms with van der Waals surface area (Å²) in [6, 6.07) is 22.8. The van der Waals surface area contributed by atoms with Gasteiger partial charge in [-0.05, 0) is 60.2 Å². The maximum absolute atomic E-state index is 13.6. The zero-order chi connectivity index (χ0) is 22.6. The molecule has 5 heteroatoms. The molecular weight excluding hydrogens is 412 g/mol. The second kappa shape index (κ2) is 9.94. The van der Waals surface area contributed by atoms with E-state index in [-0.39, 0.29) is 17.9 Å². The Labute approximate surface area is 195 Å². The van der Waals surface area contributed by atoms with Crippen LogP contribution < -0.4 is 4.74 Å². The number of piperidine rings is 1. The molecule has 2 fully saturated rings. The van der Waals surface area contributed by atoms with Crippen molar-refractivity contribution in [3.8, 4) is 5.75 Å². The van der Waals surface area contributed by atoms with Crippen LogP contribution in [-0.4, -0.2) is 42.1 Å². The van der Waals surface area contributed by atoms with E-state index in [4.69, 9.17) is 9.57 Å². The van der Waals surface area contributed by atoms with Crippen molar-refractivity contribution < 1.29 is 14.4 Å². The Morgan fingerprint density at radius 3 is 2.52 bits per heavy atom. The van der Waals surface area contributed by atoms with Crippen LogP contribution in [0.15, 0.2) is 66.7 Å². The van der Waals surface area contributed by atoms with Crippen LogP contribution in [0.3, 0.4) is 0 Å². The first kappa shape index (κ1) is 21.9. The van der Waals surface area contributed by atoms with E-state index in [0.717, 1.165) is 37.2 Å². The van der Waals surface area contributed by atoms with Crippen molar-refractivity contribution in [2.75, 3.05) is 26.2 Å². The Bertz CT molecular complexity index is 1090. The van der Waals surface area contributed by atoms with E-state index in [0.29, 0.717) is 19.7 Å². The Balaban J connectivity index is 1.40. The molecule has 33 heavy (non-hydrogen) atoms. The van der Waals surface area contributed by atoms with Crippen molar-refractivity contribution in [1.82, 2.24) is 9.96 Å². The van der Waals surface area contributed by atoms with Gasteiger partial charge in [0.1, 0.15) is 11.9 Å². The summed E-state index contributed by atoms with van der Waals surface area (Å²) in [5, 5.41) is 4.43. The molecule has 0 N–H and O–H groups in total. The molecule has 2 saturated heterocycles. The fourth-order valence-electron chi connectivity index (χ4n) is 5.08. The van der Waals surface area contributed by atoms with Gasteiger partial charge in [-0.15, -0.1) is 0 Å². The molecule has 3 aromatic carbocycles. The van der Waals surface area contributed by atoms with Crippen LogP contribution >= 0.6 is 0 Å². The summed E-state index contributed by atoms with van der Waals surface area (Å²) < 4.78 is 5.61. The molecule has 0 spiro atoms. The lowest BCUT2D eigenvalue weighted by molar-refractivity contribution is -0.158. The average Bonchev–Trinajstić information content (AvgIpc) is 3.29. The lowest BCUT2D eigenvalue weighted by Crippen LogP contribution is -2.41. The Hall–Kier alpha value is -2.89. The fraction of sp³-hybridized carbons (Fsp3) is 0.393. The number of rotatable bonds is 6. The van der Waals surface area contributed by atoms with Gasteiger partial charge < -0.3 is 9.64 Å². The molecule has 2 aliphatic rings. The Kier molecular flexibility index (Phi) is 6.60. The molecule has 1 amide bonds. The highest BCUT2D eigenvalue weighted by Gasteiger charge is 2.42. The quantitative estimate of drug-likeness (QED) is 0.514. The number of hydrogen-bond acceptors (Lipinski definition) is 4. The molecule has 3 aromatic rings. The summed E-state index contributed by atoms with van der Waals surface area (Å²) in [5.41, 5.74) is 2.24. The van der Waals surface area contributed by atoms with Crippen LogP contribution in [0.5, 0.6) is 5.75 Å². The van der Waals surface area contributed by atoms with E-state index in [1.807, 2.05) is 41.2 Å². The molecule has 2 atom stereocenters. The van der Waals surface area contributed by atoms with E-state index < -0.39 is 0 Å². The molecule has 2 heterocycles. The highest BCUT2D eigenvalue weighted by Crippen LogP contribution is 2.37. The number of likely N-dealkylation sites (tertiary alicyclic amines) is 1. The first-order valence-electron chi connectivity index (χ1n) is 12.1. The lowest BCUT2D eigenvalue weighted by Gasteiger charge is -2.30. The van der Waals surface area contributed by atoms with Crippen LogP contribution in [0.1, 0.15) is 43.4 Å². The van der Waals surface area contributed by atoms with Gasteiger partial charge in [-0.2, -0.15) is 5.06 Å². The third-order valence-corrected chi connectivity index (χ3v) is 6.76. The second-order valence-corrected chi connectivity index (χ2v) is 8.98. The van der Waals surface area contributed by atoms with E-state index in [2.05, 4.69) is 42.5 Å². The smallest absolute Gasteiger partial charge is 0.230 e. The van der Waals surface area contributed by atoms with Crippen LogP contribution in [-0.2, 0) is 16.2 Å². The number of hydrogen-bond donors (Lipinski definition) is 0. The molecule has 5 rings (SSSR count). The number of hydroxylamine groups is 2. The predicted octanol–water partition coefficient (Wildman–Crippen LogP) is 5.36. The summed E-state index contributed by atoms with van der Waals surface area (Å²) in [6.07, 6.45) is 3.10. The van der Waals surface area contributed by atoms with Crippen LogP contribution in [0.4, 0.5) is 0 Å². The average molecular weight is 445 g/mol. The molecule has 0 radical (unpaired) electrons. The standard InChI is InChI=1S/C28H32N2O3/c1-2-32-24-15-13-22(14-16-24)27-26(28(31)29-17-6-3-7-18-29)20-30(33-27)19-23-11-8-10-21-9-4-5-12-25(21)23/h4-5,8-16,26-27H,2-3,6-7,17-20H2,1H3. The van der Waals surface area contributed by atoms with E-state index >= 15 is 0 Å². The van der Waals surface area contributed by atoms with Gasteiger partial charge in [0.15, 0.2) is 0 Å². The maximum atomic E-state index is 13.6. The number of nitrogens with zero attached hydrogens (tertiary/aromatic N) is 2. The van der Waals surface area contributed by atoms with Crippen LogP contribution in [0, 0.1) is 5.92 Å². The lowest BCUT2D eigenvalue weighted by atomic mass is 9.94. The molecule has 2 unspecified atom stereocenters.